The van der Waals surface area contributed by atoms with E-state index in [-0.39, 0.29) is 0 Å². The van der Waals surface area contributed by atoms with Gasteiger partial charge in [0, 0.05) is 49.2 Å². The van der Waals surface area contributed by atoms with E-state index < -0.39 is 0 Å². The van der Waals surface area contributed by atoms with Crippen molar-refractivity contribution in [3.05, 3.63) is 164 Å². The number of para-hydroxylation sites is 3. The fraction of sp³-hybridized carbons (Fsp3) is 0. The highest BCUT2D eigenvalue weighted by atomic mass is 16.3. The molecule has 5 aromatic heterocycles. The minimum absolute atomic E-state index is 0.511. The number of benzene rings is 7. The van der Waals surface area contributed by atoms with Crippen molar-refractivity contribution in [1.82, 2.24) is 24.9 Å². The summed E-state index contributed by atoms with van der Waals surface area (Å²) in [5.74, 6) is 2.15. The molecule has 7 aromatic carbocycles. The molecule has 0 aliphatic heterocycles. The third-order valence-electron chi connectivity index (χ3n) is 10.6. The molecule has 0 aliphatic rings. The topological polar surface area (TPSA) is 104 Å². The standard InChI is InChI=1S/C49H27N5O3/c1-3-13-28(14-4-1)42-45-43(33-18-8-10-23-38(33)57-45)51-47(50-42)30-25-26-39-36(27-30)41-34(20-12-24-40(41)55-39)48-52-46(29-15-5-2-6-16-29)53-49(54-48)35-21-11-19-32-31-17-7-9-22-37(31)56-44(32)35/h1-27H. The summed E-state index contributed by atoms with van der Waals surface area (Å²) in [7, 11) is 0. The van der Waals surface area contributed by atoms with Gasteiger partial charge in [-0.1, -0.05) is 115 Å². The molecule has 5 heterocycles. The van der Waals surface area contributed by atoms with E-state index in [2.05, 4.69) is 18.2 Å². The Balaban J connectivity index is 1.08. The molecule has 0 spiro atoms. The Hall–Kier alpha value is -7.97. The summed E-state index contributed by atoms with van der Waals surface area (Å²) < 4.78 is 19.3. The molecular formula is C49H27N5O3. The second kappa shape index (κ2) is 12.3. The molecule has 0 radical (unpaired) electrons. The Kier molecular flexibility index (Phi) is 6.76. The fourth-order valence-corrected chi connectivity index (χ4v) is 7.92. The van der Waals surface area contributed by atoms with Gasteiger partial charge in [-0.25, -0.2) is 24.9 Å². The number of furan rings is 3. The van der Waals surface area contributed by atoms with Gasteiger partial charge in [-0.3, -0.25) is 0 Å². The monoisotopic (exact) mass is 733 g/mol. The van der Waals surface area contributed by atoms with E-state index in [1.807, 2.05) is 146 Å². The van der Waals surface area contributed by atoms with E-state index in [1.165, 1.54) is 0 Å². The Morgan fingerprint density at radius 2 is 0.895 bits per heavy atom. The lowest BCUT2D eigenvalue weighted by molar-refractivity contribution is 0.667. The Morgan fingerprint density at radius 1 is 0.316 bits per heavy atom. The summed E-state index contributed by atoms with van der Waals surface area (Å²) in [5, 5.41) is 4.75. The van der Waals surface area contributed by atoms with Crippen molar-refractivity contribution in [2.45, 2.75) is 0 Å². The first kappa shape index (κ1) is 31.4. The molecule has 57 heavy (non-hydrogen) atoms. The Labute approximate surface area is 323 Å². The molecule has 0 N–H and O–H groups in total. The molecule has 12 aromatic rings. The summed E-state index contributed by atoms with van der Waals surface area (Å²) >= 11 is 0. The lowest BCUT2D eigenvalue weighted by Gasteiger charge is -2.10. The highest BCUT2D eigenvalue weighted by molar-refractivity contribution is 6.13. The fourth-order valence-electron chi connectivity index (χ4n) is 7.92. The first-order valence-electron chi connectivity index (χ1n) is 18.7. The molecule has 0 amide bonds. The van der Waals surface area contributed by atoms with Crippen LogP contribution in [-0.4, -0.2) is 24.9 Å². The van der Waals surface area contributed by atoms with E-state index in [9.17, 15) is 0 Å². The van der Waals surface area contributed by atoms with Crippen molar-refractivity contribution in [3.8, 4) is 56.8 Å². The summed E-state index contributed by atoms with van der Waals surface area (Å²) in [5.41, 5.74) is 10.1. The Bertz CT molecular complexity index is 3530. The molecule has 0 atom stereocenters. The van der Waals surface area contributed by atoms with E-state index >= 15 is 0 Å². The van der Waals surface area contributed by atoms with Gasteiger partial charge in [0.1, 0.15) is 39.1 Å². The predicted molar refractivity (Wildman–Crippen MR) is 224 cm³/mol. The third kappa shape index (κ3) is 4.97. The van der Waals surface area contributed by atoms with Gasteiger partial charge in [0.15, 0.2) is 28.9 Å². The SMILES string of the molecule is c1ccc(-c2nc(-c3cccc4c3oc3ccccc34)nc(-c3cccc4oc5ccc(-c6nc(-c7ccccc7)c7oc8ccccc8c7n6)cc5c34)n2)cc1. The average Bonchev–Trinajstić information content (AvgIpc) is 3.97. The normalized spacial score (nSPS) is 11.9. The lowest BCUT2D eigenvalue weighted by atomic mass is 10.0. The van der Waals surface area contributed by atoms with Crippen LogP contribution in [0.1, 0.15) is 0 Å². The molecular weight excluding hydrogens is 707 g/mol. The molecule has 0 bridgehead atoms. The smallest absolute Gasteiger partial charge is 0.180 e. The van der Waals surface area contributed by atoms with Gasteiger partial charge in [-0.15, -0.1) is 0 Å². The van der Waals surface area contributed by atoms with Crippen molar-refractivity contribution in [2.24, 2.45) is 0 Å². The minimum Gasteiger partial charge on any atom is -0.456 e. The summed E-state index contributed by atoms with van der Waals surface area (Å²) in [4.78, 5) is 25.6. The minimum atomic E-state index is 0.511. The van der Waals surface area contributed by atoms with Crippen molar-refractivity contribution in [3.63, 3.8) is 0 Å². The van der Waals surface area contributed by atoms with Crippen LogP contribution in [0.3, 0.4) is 0 Å². The maximum absolute atomic E-state index is 6.49. The largest absolute Gasteiger partial charge is 0.456 e. The summed E-state index contributed by atoms with van der Waals surface area (Å²) in [6.07, 6.45) is 0. The zero-order chi connectivity index (χ0) is 37.5. The summed E-state index contributed by atoms with van der Waals surface area (Å²) in [6, 6.07) is 54.2. The molecule has 266 valence electrons. The van der Waals surface area contributed by atoms with Crippen LogP contribution < -0.4 is 0 Å². The van der Waals surface area contributed by atoms with E-state index in [1.54, 1.807) is 0 Å². The van der Waals surface area contributed by atoms with E-state index in [0.29, 0.717) is 34.5 Å². The molecule has 0 saturated carbocycles. The van der Waals surface area contributed by atoms with Crippen molar-refractivity contribution in [2.75, 3.05) is 0 Å². The maximum atomic E-state index is 6.49. The first-order chi connectivity index (χ1) is 28.2. The van der Waals surface area contributed by atoms with Gasteiger partial charge in [-0.05, 0) is 48.5 Å². The average molecular weight is 734 g/mol. The number of nitrogens with zero attached hydrogens (tertiary/aromatic N) is 5. The molecule has 0 unspecified atom stereocenters. The van der Waals surface area contributed by atoms with Gasteiger partial charge in [0.2, 0.25) is 0 Å². The first-order valence-corrected chi connectivity index (χ1v) is 18.7. The van der Waals surface area contributed by atoms with Crippen LogP contribution in [0.15, 0.2) is 177 Å². The Morgan fingerprint density at radius 3 is 1.72 bits per heavy atom. The molecule has 8 nitrogen and oxygen atoms in total. The molecule has 0 fully saturated rings. The third-order valence-corrected chi connectivity index (χ3v) is 10.6. The van der Waals surface area contributed by atoms with Crippen molar-refractivity contribution < 1.29 is 13.3 Å². The highest BCUT2D eigenvalue weighted by Gasteiger charge is 2.22. The molecule has 0 aliphatic carbocycles. The number of fused-ring (bicyclic) bond motifs is 9. The van der Waals surface area contributed by atoms with Crippen LogP contribution in [0.25, 0.3) is 123 Å². The zero-order valence-electron chi connectivity index (χ0n) is 30.0. The molecule has 8 heteroatoms. The van der Waals surface area contributed by atoms with Crippen LogP contribution in [0.5, 0.6) is 0 Å². The molecule has 12 rings (SSSR count). The number of aromatic nitrogens is 5. The number of hydrogen-bond donors (Lipinski definition) is 0. The quantitative estimate of drug-likeness (QED) is 0.172. The number of rotatable bonds is 5. The van der Waals surface area contributed by atoms with Crippen molar-refractivity contribution in [1.29, 1.82) is 0 Å². The van der Waals surface area contributed by atoms with Gasteiger partial charge in [0.05, 0.1) is 5.56 Å². The van der Waals surface area contributed by atoms with Crippen molar-refractivity contribution >= 4 is 65.9 Å². The second-order valence-corrected chi connectivity index (χ2v) is 14.0. The van der Waals surface area contributed by atoms with Crippen LogP contribution in [0.4, 0.5) is 0 Å². The van der Waals surface area contributed by atoms with Crippen LogP contribution in [-0.2, 0) is 0 Å². The van der Waals surface area contributed by atoms with Gasteiger partial charge in [0.25, 0.3) is 0 Å². The van der Waals surface area contributed by atoms with Crippen LogP contribution in [0.2, 0.25) is 0 Å². The highest BCUT2D eigenvalue weighted by Crippen LogP contribution is 2.41. The lowest BCUT2D eigenvalue weighted by Crippen LogP contribution is -2.00. The van der Waals surface area contributed by atoms with Gasteiger partial charge >= 0.3 is 0 Å². The van der Waals surface area contributed by atoms with Crippen LogP contribution >= 0.6 is 0 Å². The second-order valence-electron chi connectivity index (χ2n) is 14.0. The molecule has 0 saturated heterocycles. The predicted octanol–water partition coefficient (Wildman–Crippen LogP) is 12.7. The van der Waals surface area contributed by atoms with Gasteiger partial charge in [-0.2, -0.15) is 0 Å². The van der Waals surface area contributed by atoms with Gasteiger partial charge < -0.3 is 13.3 Å². The summed E-state index contributed by atoms with van der Waals surface area (Å²) in [6.45, 7) is 0. The van der Waals surface area contributed by atoms with Crippen LogP contribution in [0, 0.1) is 0 Å². The number of hydrogen-bond acceptors (Lipinski definition) is 8. The zero-order valence-corrected chi connectivity index (χ0v) is 30.0. The van der Waals surface area contributed by atoms with E-state index in [0.717, 1.165) is 88.3 Å². The maximum Gasteiger partial charge on any atom is 0.180 e. The van der Waals surface area contributed by atoms with E-state index in [4.69, 9.17) is 38.2 Å².